The molecule has 4 heterocycles. The maximum Gasteiger partial charge on any atom is 0.245 e. The van der Waals surface area contributed by atoms with Crippen molar-refractivity contribution in [1.29, 1.82) is 0 Å². The van der Waals surface area contributed by atoms with Gasteiger partial charge in [-0.3, -0.25) is 14.5 Å². The van der Waals surface area contributed by atoms with Crippen molar-refractivity contribution < 1.29 is 9.59 Å². The Morgan fingerprint density at radius 3 is 2.58 bits per heavy atom. The van der Waals surface area contributed by atoms with Gasteiger partial charge in [0.05, 0.1) is 12.1 Å². The zero-order chi connectivity index (χ0) is 27.8. The van der Waals surface area contributed by atoms with E-state index in [4.69, 9.17) is 0 Å². The number of likely N-dealkylation sites (N-methyl/N-ethyl adjacent to an activating group) is 1. The Morgan fingerprint density at radius 1 is 1.05 bits per heavy atom. The van der Waals surface area contributed by atoms with Crippen LogP contribution in [0.2, 0.25) is 0 Å². The molecule has 5 atom stereocenters. The summed E-state index contributed by atoms with van der Waals surface area (Å²) in [7, 11) is 1.80. The maximum absolute atomic E-state index is 14.6. The summed E-state index contributed by atoms with van der Waals surface area (Å²) in [6.07, 6.45) is 11.1. The van der Waals surface area contributed by atoms with Crippen molar-refractivity contribution in [2.75, 3.05) is 33.2 Å². The second-order valence-corrected chi connectivity index (χ2v) is 12.9. The van der Waals surface area contributed by atoms with E-state index in [-0.39, 0.29) is 35.7 Å². The van der Waals surface area contributed by atoms with Crippen LogP contribution < -0.4 is 16.0 Å². The van der Waals surface area contributed by atoms with Crippen LogP contribution in [0.4, 0.5) is 0 Å². The number of nitrogens with one attached hydrogen (secondary N) is 4. The molecule has 1 aliphatic carbocycles. The molecule has 218 valence electrons. The quantitative estimate of drug-likeness (QED) is 0.426. The molecule has 0 unspecified atom stereocenters. The van der Waals surface area contributed by atoms with Gasteiger partial charge < -0.3 is 25.8 Å². The van der Waals surface area contributed by atoms with Crippen molar-refractivity contribution in [3.63, 3.8) is 0 Å². The van der Waals surface area contributed by atoms with Crippen LogP contribution in [0.25, 0.3) is 10.9 Å². The Bertz CT molecular complexity index is 1200. The zero-order valence-electron chi connectivity index (χ0n) is 24.5. The molecule has 0 radical (unpaired) electrons. The highest BCUT2D eigenvalue weighted by molar-refractivity contribution is 5.90. The Balaban J connectivity index is 1.34. The van der Waals surface area contributed by atoms with Crippen molar-refractivity contribution in [2.45, 2.75) is 101 Å². The third-order valence-electron chi connectivity index (χ3n) is 10.5. The molecular weight excluding hydrogens is 500 g/mol. The summed E-state index contributed by atoms with van der Waals surface area (Å²) in [5, 5.41) is 11.1. The zero-order valence-corrected chi connectivity index (χ0v) is 24.5. The standard InChI is InChI=1S/C32H48N6O2/c1-20-9-10-24-25(18-35-27(24)17-20)26-19-38(23-11-14-34-15-12-23)28-13-16-37(30(26)28)32(40)29(22-7-5-4-6-8-22)36-31(39)21(2)33-3/h9-10,17-18,21-23,26,28-30,33-35H,4-8,11-16,19H2,1-3H3,(H,36,39)/t21-,26+,28+,29-,30+/m0/s1. The molecule has 8 heteroatoms. The molecule has 3 aliphatic heterocycles. The van der Waals surface area contributed by atoms with Crippen molar-refractivity contribution >= 4 is 22.7 Å². The number of aromatic amines is 1. The number of carbonyl (C=O) groups excluding carboxylic acids is 2. The molecule has 1 aromatic carbocycles. The number of likely N-dealkylation sites (tertiary alicyclic amines) is 2. The van der Waals surface area contributed by atoms with Crippen LogP contribution in [0.1, 0.15) is 75.3 Å². The number of benzene rings is 1. The fourth-order valence-electron chi connectivity index (χ4n) is 8.22. The number of piperidine rings is 1. The highest BCUT2D eigenvalue weighted by atomic mass is 16.2. The first kappa shape index (κ1) is 27.7. The third-order valence-corrected chi connectivity index (χ3v) is 10.5. The second kappa shape index (κ2) is 11.8. The van der Waals surface area contributed by atoms with Crippen LogP contribution in [-0.4, -0.2) is 90.0 Å². The second-order valence-electron chi connectivity index (χ2n) is 12.9. The lowest BCUT2D eigenvalue weighted by atomic mass is 9.82. The summed E-state index contributed by atoms with van der Waals surface area (Å²) >= 11 is 0. The van der Waals surface area contributed by atoms with Crippen molar-refractivity contribution in [1.82, 2.24) is 30.7 Å². The van der Waals surface area contributed by atoms with Crippen LogP contribution in [0.3, 0.4) is 0 Å². The Labute approximate surface area is 239 Å². The number of carbonyl (C=O) groups is 2. The minimum atomic E-state index is -0.443. The summed E-state index contributed by atoms with van der Waals surface area (Å²) in [4.78, 5) is 36.2. The smallest absolute Gasteiger partial charge is 0.245 e. The van der Waals surface area contributed by atoms with Crippen LogP contribution >= 0.6 is 0 Å². The summed E-state index contributed by atoms with van der Waals surface area (Å²) in [6, 6.07) is 6.97. The van der Waals surface area contributed by atoms with Crippen LogP contribution in [0.15, 0.2) is 24.4 Å². The molecule has 8 nitrogen and oxygen atoms in total. The van der Waals surface area contributed by atoms with Crippen LogP contribution in [0.5, 0.6) is 0 Å². The van der Waals surface area contributed by atoms with Gasteiger partial charge in [0.1, 0.15) is 6.04 Å². The normalized spacial score (nSPS) is 28.1. The van der Waals surface area contributed by atoms with Crippen LogP contribution in [0, 0.1) is 12.8 Å². The van der Waals surface area contributed by atoms with E-state index in [2.05, 4.69) is 62.1 Å². The van der Waals surface area contributed by atoms with Crippen molar-refractivity contribution in [3.05, 3.63) is 35.5 Å². The topological polar surface area (TPSA) is 92.5 Å². The molecule has 0 spiro atoms. The number of aromatic nitrogens is 1. The van der Waals surface area contributed by atoms with E-state index in [9.17, 15) is 9.59 Å². The van der Waals surface area contributed by atoms with Crippen molar-refractivity contribution in [3.8, 4) is 0 Å². The monoisotopic (exact) mass is 548 g/mol. The fourth-order valence-corrected chi connectivity index (χ4v) is 8.22. The summed E-state index contributed by atoms with van der Waals surface area (Å²) in [5.41, 5.74) is 3.76. The van der Waals surface area contributed by atoms with Crippen molar-refractivity contribution in [2.24, 2.45) is 5.92 Å². The van der Waals surface area contributed by atoms with E-state index in [1.165, 1.54) is 41.3 Å². The van der Waals surface area contributed by atoms with E-state index in [0.717, 1.165) is 58.3 Å². The lowest BCUT2D eigenvalue weighted by Crippen LogP contribution is -2.57. The molecule has 40 heavy (non-hydrogen) atoms. The molecular formula is C32H48N6O2. The maximum atomic E-state index is 14.6. The van der Waals surface area contributed by atoms with E-state index in [1.807, 2.05) is 6.92 Å². The fraction of sp³-hybridized carbons (Fsp3) is 0.688. The first-order valence-corrected chi connectivity index (χ1v) is 15.8. The number of hydrogen-bond donors (Lipinski definition) is 4. The first-order chi connectivity index (χ1) is 19.5. The molecule has 1 saturated carbocycles. The largest absolute Gasteiger partial charge is 0.361 e. The lowest BCUT2D eigenvalue weighted by Gasteiger charge is -2.37. The van der Waals surface area contributed by atoms with E-state index in [0.29, 0.717) is 12.1 Å². The van der Waals surface area contributed by atoms with Gasteiger partial charge in [0.25, 0.3) is 0 Å². The predicted octanol–water partition coefficient (Wildman–Crippen LogP) is 3.27. The van der Waals surface area contributed by atoms with Gasteiger partial charge in [0, 0.05) is 48.2 Å². The highest BCUT2D eigenvalue weighted by Gasteiger charge is 2.53. The number of H-pyrrole nitrogens is 1. The summed E-state index contributed by atoms with van der Waals surface area (Å²) in [6.45, 7) is 7.90. The van der Waals surface area contributed by atoms with Gasteiger partial charge in [-0.2, -0.15) is 0 Å². The third kappa shape index (κ3) is 5.19. The van der Waals surface area contributed by atoms with Gasteiger partial charge in [-0.25, -0.2) is 0 Å². The number of amides is 2. The van der Waals surface area contributed by atoms with Gasteiger partial charge in [-0.1, -0.05) is 31.4 Å². The van der Waals surface area contributed by atoms with E-state index in [1.54, 1.807) is 7.05 Å². The molecule has 4 aliphatic rings. The van der Waals surface area contributed by atoms with Gasteiger partial charge in [-0.05, 0) is 89.2 Å². The SMILES string of the molecule is CN[C@@H](C)C(=O)N[C@H](C(=O)N1CC[C@@H]2[C@H]1[C@@H](c1c[nH]c3cc(C)ccc13)CN2C1CCNCC1)C1CCCCC1. The minimum absolute atomic E-state index is 0.0755. The van der Waals surface area contributed by atoms with Crippen LogP contribution in [-0.2, 0) is 9.59 Å². The molecule has 3 saturated heterocycles. The average molecular weight is 549 g/mol. The van der Waals surface area contributed by atoms with Gasteiger partial charge in [-0.15, -0.1) is 0 Å². The number of rotatable bonds is 7. The summed E-state index contributed by atoms with van der Waals surface area (Å²) in [5.74, 6) is 0.531. The first-order valence-electron chi connectivity index (χ1n) is 15.8. The minimum Gasteiger partial charge on any atom is -0.361 e. The molecule has 2 aromatic rings. The molecule has 2 amide bonds. The van der Waals surface area contributed by atoms with E-state index >= 15 is 0 Å². The Kier molecular flexibility index (Phi) is 8.20. The molecule has 6 rings (SSSR count). The summed E-state index contributed by atoms with van der Waals surface area (Å²) < 4.78 is 0. The number of aryl methyl sites for hydroxylation is 1. The van der Waals surface area contributed by atoms with E-state index < -0.39 is 6.04 Å². The van der Waals surface area contributed by atoms with Gasteiger partial charge in [0.2, 0.25) is 11.8 Å². The number of fused-ring (bicyclic) bond motifs is 2. The Morgan fingerprint density at radius 2 is 1.82 bits per heavy atom. The molecule has 1 aromatic heterocycles. The average Bonchev–Trinajstić information content (AvgIpc) is 3.70. The highest BCUT2D eigenvalue weighted by Crippen LogP contribution is 2.45. The molecule has 4 N–H and O–H groups in total. The molecule has 4 fully saturated rings. The predicted molar refractivity (Wildman–Crippen MR) is 159 cm³/mol. The lowest BCUT2D eigenvalue weighted by molar-refractivity contribution is -0.139. The number of nitrogens with zero attached hydrogens (tertiary/aromatic N) is 2. The van der Waals surface area contributed by atoms with Gasteiger partial charge in [0.15, 0.2) is 0 Å². The molecule has 0 bridgehead atoms. The Hall–Kier alpha value is -2.42. The van der Waals surface area contributed by atoms with Gasteiger partial charge >= 0.3 is 0 Å². The number of hydrogen-bond acceptors (Lipinski definition) is 5.